The molecule has 0 amide bonds. The predicted molar refractivity (Wildman–Crippen MR) is 229 cm³/mol. The number of aromatic nitrogens is 4. The van der Waals surface area contributed by atoms with Crippen LogP contribution in [-0.4, -0.2) is 19.5 Å². The van der Waals surface area contributed by atoms with E-state index in [0.717, 1.165) is 21.9 Å². The van der Waals surface area contributed by atoms with E-state index < -0.39 is 30.2 Å². The normalized spacial score (nSPS) is 14.1. The van der Waals surface area contributed by atoms with Gasteiger partial charge in [0.2, 0.25) is 0 Å². The van der Waals surface area contributed by atoms with Crippen LogP contribution in [0.15, 0.2) is 198 Å². The highest BCUT2D eigenvalue weighted by molar-refractivity contribution is 6.13. The monoisotopic (exact) mass is 726 g/mol. The summed E-state index contributed by atoms with van der Waals surface area (Å²) in [5, 5.41) is 1.78. The van der Waals surface area contributed by atoms with E-state index in [1.54, 1.807) is 4.57 Å². The van der Waals surface area contributed by atoms with Gasteiger partial charge in [0.15, 0.2) is 17.5 Å². The van der Waals surface area contributed by atoms with Crippen molar-refractivity contribution in [2.24, 2.45) is 0 Å². The van der Waals surface area contributed by atoms with Gasteiger partial charge in [0.25, 0.3) is 0 Å². The zero-order chi connectivity index (χ0) is 45.7. The first kappa shape index (κ1) is 23.2. The van der Waals surface area contributed by atoms with Crippen LogP contribution in [0.5, 0.6) is 0 Å². The fourth-order valence-electron chi connectivity index (χ4n) is 7.36. The number of fused-ring (bicyclic) bond motifs is 6. The van der Waals surface area contributed by atoms with Crippen molar-refractivity contribution in [3.05, 3.63) is 194 Å². The Kier molecular flexibility index (Phi) is 5.41. The summed E-state index contributed by atoms with van der Waals surface area (Å²) >= 11 is 0. The number of hydrogen-bond donors (Lipinski definition) is 0. The standard InChI is InChI=1S/C51H32N4O/c1-4-15-33(16-5-1)36-27-29-45-42(31-36)38-21-10-12-25-44(38)55(45)46-30-28-37(32-43(46)41-24-14-23-40-39-22-11-13-26-47(39)56-48(40)41)51-53-49(34-17-6-2-7-18-34)52-50(54-51)35-19-8-3-9-20-35/h1-32H/i1D,4D,5D,10D,15D,16D,21D,25D,29D,31D. The van der Waals surface area contributed by atoms with E-state index in [0.29, 0.717) is 51.0 Å². The number of para-hydroxylation sites is 3. The lowest BCUT2D eigenvalue weighted by Gasteiger charge is -2.16. The maximum atomic E-state index is 9.70. The molecule has 0 saturated heterocycles. The quantitative estimate of drug-likeness (QED) is 0.171. The molecule has 0 bridgehead atoms. The molecule has 0 aliphatic heterocycles. The second-order valence-corrected chi connectivity index (χ2v) is 13.2. The van der Waals surface area contributed by atoms with Gasteiger partial charge in [-0.1, -0.05) is 151 Å². The van der Waals surface area contributed by atoms with Crippen molar-refractivity contribution in [2.45, 2.75) is 0 Å². The second-order valence-electron chi connectivity index (χ2n) is 13.2. The fourth-order valence-corrected chi connectivity index (χ4v) is 7.36. The number of benzene rings is 8. The van der Waals surface area contributed by atoms with E-state index in [-0.39, 0.29) is 63.1 Å². The van der Waals surface area contributed by atoms with E-state index in [2.05, 4.69) is 0 Å². The average molecular weight is 727 g/mol. The minimum atomic E-state index is -0.601. The van der Waals surface area contributed by atoms with Crippen molar-refractivity contribution in [1.82, 2.24) is 19.5 Å². The smallest absolute Gasteiger partial charge is 0.164 e. The summed E-state index contributed by atoms with van der Waals surface area (Å²) in [6.45, 7) is 0. The molecule has 3 heterocycles. The number of rotatable bonds is 6. The third-order valence-electron chi connectivity index (χ3n) is 9.92. The van der Waals surface area contributed by atoms with E-state index in [4.69, 9.17) is 27.6 Å². The molecule has 0 fully saturated rings. The predicted octanol–water partition coefficient (Wildman–Crippen LogP) is 13.2. The van der Waals surface area contributed by atoms with Crippen LogP contribution in [-0.2, 0) is 0 Å². The van der Waals surface area contributed by atoms with E-state index in [1.165, 1.54) is 12.1 Å². The van der Waals surface area contributed by atoms with Crippen molar-refractivity contribution >= 4 is 43.7 Å². The molecule has 3 aromatic heterocycles. The van der Waals surface area contributed by atoms with Gasteiger partial charge in [-0.25, -0.2) is 15.0 Å². The number of hydrogen-bond acceptors (Lipinski definition) is 4. The fraction of sp³-hybridized carbons (Fsp3) is 0. The second kappa shape index (κ2) is 13.0. The largest absolute Gasteiger partial charge is 0.455 e. The van der Waals surface area contributed by atoms with E-state index in [9.17, 15) is 5.48 Å². The topological polar surface area (TPSA) is 56.7 Å². The Bertz CT molecular complexity index is 3750. The third kappa shape index (κ3) is 5.29. The van der Waals surface area contributed by atoms with Crippen LogP contribution in [0.2, 0.25) is 0 Å². The highest BCUT2D eigenvalue weighted by atomic mass is 16.3. The molecule has 11 rings (SSSR count). The Labute approximate surface area is 336 Å². The molecule has 0 aliphatic rings. The summed E-state index contributed by atoms with van der Waals surface area (Å²) in [6.07, 6.45) is 0. The summed E-state index contributed by atoms with van der Waals surface area (Å²) in [5.41, 5.74) is 4.86. The minimum absolute atomic E-state index is 0.0151. The Balaban J connectivity index is 1.26. The summed E-state index contributed by atoms with van der Waals surface area (Å²) in [7, 11) is 0. The van der Waals surface area contributed by atoms with Crippen LogP contribution < -0.4 is 0 Å². The lowest BCUT2D eigenvalue weighted by Crippen LogP contribution is -2.02. The molecule has 0 aliphatic carbocycles. The average Bonchev–Trinajstić information content (AvgIpc) is 3.92. The first-order valence-corrected chi connectivity index (χ1v) is 18.0. The first-order chi connectivity index (χ1) is 31.9. The minimum Gasteiger partial charge on any atom is -0.455 e. The third-order valence-corrected chi connectivity index (χ3v) is 9.92. The van der Waals surface area contributed by atoms with Gasteiger partial charge in [0, 0.05) is 49.4 Å². The summed E-state index contributed by atoms with van der Waals surface area (Å²) in [5.74, 6) is 1.27. The van der Waals surface area contributed by atoms with Gasteiger partial charge in [0.05, 0.1) is 30.4 Å². The first-order valence-electron chi connectivity index (χ1n) is 23.0. The van der Waals surface area contributed by atoms with Crippen molar-refractivity contribution in [3.8, 4) is 62.1 Å². The SMILES string of the molecule is [2H]c1cc([2H])c2c(c1[2H])c1c([2H])c(-c3c([2H])c([2H])c([2H])c([2H])c3[2H])cc([2H])c1n2-c1ccc(-c2nc(-c3ccccc3)nc(-c3ccccc3)n2)cc1-c1cccc2c1oc1ccccc12. The molecule has 5 heteroatoms. The lowest BCUT2D eigenvalue weighted by molar-refractivity contribution is 0.670. The van der Waals surface area contributed by atoms with Gasteiger partial charge < -0.3 is 8.98 Å². The Morgan fingerprint density at radius 2 is 1.11 bits per heavy atom. The lowest BCUT2D eigenvalue weighted by atomic mass is 9.97. The molecule has 0 saturated carbocycles. The van der Waals surface area contributed by atoms with E-state index >= 15 is 0 Å². The van der Waals surface area contributed by atoms with Crippen LogP contribution in [0.25, 0.3) is 106 Å². The molecule has 0 atom stereocenters. The van der Waals surface area contributed by atoms with Gasteiger partial charge in [-0.2, -0.15) is 0 Å². The Hall–Kier alpha value is -7.63. The van der Waals surface area contributed by atoms with Crippen LogP contribution in [0, 0.1) is 0 Å². The van der Waals surface area contributed by atoms with E-state index in [1.807, 2.05) is 121 Å². The molecule has 262 valence electrons. The number of nitrogens with zero attached hydrogens (tertiary/aromatic N) is 4. The maximum absolute atomic E-state index is 9.70. The zero-order valence-corrected chi connectivity index (χ0v) is 29.4. The summed E-state index contributed by atoms with van der Waals surface area (Å²) < 4.78 is 97.4. The van der Waals surface area contributed by atoms with Gasteiger partial charge >= 0.3 is 0 Å². The van der Waals surface area contributed by atoms with Crippen LogP contribution in [0.4, 0.5) is 0 Å². The van der Waals surface area contributed by atoms with Crippen LogP contribution >= 0.6 is 0 Å². The summed E-state index contributed by atoms with van der Waals surface area (Å²) in [6, 6.07) is 36.6. The Morgan fingerprint density at radius 3 is 1.88 bits per heavy atom. The van der Waals surface area contributed by atoms with Crippen LogP contribution in [0.3, 0.4) is 0 Å². The highest BCUT2D eigenvalue weighted by Gasteiger charge is 2.21. The molecular formula is C51H32N4O. The molecule has 8 aromatic carbocycles. The summed E-state index contributed by atoms with van der Waals surface area (Å²) in [4.78, 5) is 14.9. The van der Waals surface area contributed by atoms with Crippen molar-refractivity contribution in [3.63, 3.8) is 0 Å². The molecular weight excluding hydrogens is 685 g/mol. The molecule has 0 radical (unpaired) electrons. The highest BCUT2D eigenvalue weighted by Crippen LogP contribution is 2.43. The molecule has 5 nitrogen and oxygen atoms in total. The van der Waals surface area contributed by atoms with Crippen molar-refractivity contribution in [1.29, 1.82) is 0 Å². The molecule has 0 spiro atoms. The van der Waals surface area contributed by atoms with Crippen molar-refractivity contribution in [2.75, 3.05) is 0 Å². The van der Waals surface area contributed by atoms with Gasteiger partial charge in [-0.15, -0.1) is 0 Å². The molecule has 0 N–H and O–H groups in total. The Morgan fingerprint density at radius 1 is 0.429 bits per heavy atom. The van der Waals surface area contributed by atoms with Crippen LogP contribution in [0.1, 0.15) is 13.7 Å². The molecule has 0 unspecified atom stereocenters. The van der Waals surface area contributed by atoms with Gasteiger partial charge in [0.1, 0.15) is 11.2 Å². The maximum Gasteiger partial charge on any atom is 0.164 e. The van der Waals surface area contributed by atoms with Crippen molar-refractivity contribution < 1.29 is 18.1 Å². The zero-order valence-electron chi connectivity index (χ0n) is 39.4. The molecule has 56 heavy (non-hydrogen) atoms. The van der Waals surface area contributed by atoms with Gasteiger partial charge in [-0.05, 0) is 53.5 Å². The molecule has 11 aromatic rings. The number of furan rings is 1. The van der Waals surface area contributed by atoms with Gasteiger partial charge in [-0.3, -0.25) is 0 Å².